The summed E-state index contributed by atoms with van der Waals surface area (Å²) in [4.78, 5) is 12.3. The van der Waals surface area contributed by atoms with Crippen LogP contribution in [0.3, 0.4) is 0 Å². The van der Waals surface area contributed by atoms with E-state index in [2.05, 4.69) is 25.7 Å². The summed E-state index contributed by atoms with van der Waals surface area (Å²) < 4.78 is 2.13. The van der Waals surface area contributed by atoms with Gasteiger partial charge in [0.2, 0.25) is 0 Å². The summed E-state index contributed by atoms with van der Waals surface area (Å²) in [7, 11) is 0. The van der Waals surface area contributed by atoms with Gasteiger partial charge in [0.05, 0.1) is 12.3 Å². The van der Waals surface area contributed by atoms with Crippen LogP contribution in [0.25, 0.3) is 22.1 Å². The van der Waals surface area contributed by atoms with Gasteiger partial charge in [0.15, 0.2) is 5.82 Å². The summed E-state index contributed by atoms with van der Waals surface area (Å²) in [6.07, 6.45) is 8.65. The third kappa shape index (κ3) is 2.09. The Hall–Kier alpha value is -2.85. The first-order chi connectivity index (χ1) is 12.7. The molecule has 2 aliphatic rings. The average Bonchev–Trinajstić information content (AvgIpc) is 3.28. The highest BCUT2D eigenvalue weighted by atomic mass is 16.3. The molecule has 0 spiro atoms. The first-order valence-corrected chi connectivity index (χ1v) is 9.06. The van der Waals surface area contributed by atoms with Crippen molar-refractivity contribution in [3.05, 3.63) is 35.9 Å². The Morgan fingerprint density at radius 1 is 1.38 bits per heavy atom. The Bertz CT molecular complexity index is 1050. The number of hydrogen-bond donors (Lipinski definition) is 2. The van der Waals surface area contributed by atoms with Crippen molar-refractivity contribution < 1.29 is 5.11 Å². The fourth-order valence-electron chi connectivity index (χ4n) is 4.64. The lowest BCUT2D eigenvalue weighted by Crippen LogP contribution is -2.49. The molecular weight excluding hydrogens is 328 g/mol. The number of nitrogens with zero attached hydrogens (tertiary/aromatic N) is 5. The Labute approximate surface area is 150 Å². The molecule has 3 aromatic heterocycles. The quantitative estimate of drug-likeness (QED) is 0.695. The van der Waals surface area contributed by atoms with Crippen LogP contribution in [-0.2, 0) is 0 Å². The minimum Gasteiger partial charge on any atom is -0.385 e. The number of imidazole rings is 1. The number of piperidine rings is 1. The van der Waals surface area contributed by atoms with Gasteiger partial charge in [0.1, 0.15) is 22.8 Å². The molecule has 5 rings (SSSR count). The molecule has 132 valence electrons. The van der Waals surface area contributed by atoms with Gasteiger partial charge < -0.3 is 15.1 Å². The highest BCUT2D eigenvalue weighted by Gasteiger charge is 2.41. The number of nitrogens with one attached hydrogen (secondary N) is 1. The fraction of sp³-hybridized carbons (Fsp3) is 0.421. The van der Waals surface area contributed by atoms with Crippen LogP contribution in [0.2, 0.25) is 0 Å². The second-order valence-electron chi connectivity index (χ2n) is 7.29. The molecule has 3 atom stereocenters. The van der Waals surface area contributed by atoms with E-state index in [1.165, 1.54) is 5.57 Å². The van der Waals surface area contributed by atoms with E-state index < -0.39 is 6.10 Å². The van der Waals surface area contributed by atoms with Gasteiger partial charge in [0.25, 0.3) is 0 Å². The second kappa shape index (κ2) is 5.58. The summed E-state index contributed by atoms with van der Waals surface area (Å²) in [5, 5.41) is 22.8. The Kier molecular flexibility index (Phi) is 3.31. The topological polar surface area (TPSA) is 93.8 Å². The lowest BCUT2D eigenvalue weighted by atomic mass is 9.98. The van der Waals surface area contributed by atoms with Crippen molar-refractivity contribution in [3.63, 3.8) is 0 Å². The van der Waals surface area contributed by atoms with Gasteiger partial charge in [-0.3, -0.25) is 0 Å². The maximum atomic E-state index is 10.4. The van der Waals surface area contributed by atoms with Crippen molar-refractivity contribution in [1.29, 1.82) is 5.26 Å². The number of rotatable bonds is 2. The maximum Gasteiger partial charge on any atom is 0.157 e. The van der Waals surface area contributed by atoms with Gasteiger partial charge >= 0.3 is 0 Å². The number of aliphatic hydroxyl groups is 1. The lowest BCUT2D eigenvalue weighted by molar-refractivity contribution is 0.182. The molecule has 2 bridgehead atoms. The maximum absolute atomic E-state index is 10.4. The van der Waals surface area contributed by atoms with Gasteiger partial charge in [-0.15, -0.1) is 0 Å². The predicted octanol–water partition coefficient (Wildman–Crippen LogP) is 2.68. The van der Waals surface area contributed by atoms with Crippen LogP contribution >= 0.6 is 0 Å². The molecule has 2 N–H and O–H groups in total. The van der Waals surface area contributed by atoms with E-state index in [4.69, 9.17) is 10.2 Å². The summed E-state index contributed by atoms with van der Waals surface area (Å²) >= 11 is 0. The van der Waals surface area contributed by atoms with Crippen LogP contribution < -0.4 is 5.01 Å². The van der Waals surface area contributed by atoms with E-state index in [9.17, 15) is 5.11 Å². The molecule has 2 saturated heterocycles. The number of aromatic amines is 1. The van der Waals surface area contributed by atoms with Gasteiger partial charge in [-0.1, -0.05) is 5.57 Å². The van der Waals surface area contributed by atoms with E-state index in [0.29, 0.717) is 17.9 Å². The van der Waals surface area contributed by atoms with E-state index in [1.807, 2.05) is 12.3 Å². The molecule has 7 nitrogen and oxygen atoms in total. The highest BCUT2D eigenvalue weighted by molar-refractivity contribution is 6.01. The summed E-state index contributed by atoms with van der Waals surface area (Å²) in [5.74, 6) is 0.653. The summed E-state index contributed by atoms with van der Waals surface area (Å²) in [6.45, 7) is 1.76. The molecule has 7 heteroatoms. The van der Waals surface area contributed by atoms with E-state index in [1.54, 1.807) is 19.2 Å². The normalized spacial score (nSPS) is 23.6. The minimum atomic E-state index is -0.674. The molecule has 2 aliphatic heterocycles. The molecule has 3 aromatic rings. The number of fused-ring (bicyclic) bond motifs is 5. The zero-order valence-corrected chi connectivity index (χ0v) is 14.6. The first kappa shape index (κ1) is 15.4. The van der Waals surface area contributed by atoms with Crippen molar-refractivity contribution in [1.82, 2.24) is 19.6 Å². The summed E-state index contributed by atoms with van der Waals surface area (Å²) in [6, 6.07) is 4.85. The van der Waals surface area contributed by atoms with Crippen molar-refractivity contribution in [2.45, 2.75) is 50.8 Å². The van der Waals surface area contributed by atoms with E-state index in [0.717, 1.165) is 47.8 Å². The molecule has 0 radical (unpaired) electrons. The fourth-order valence-corrected chi connectivity index (χ4v) is 4.64. The van der Waals surface area contributed by atoms with Crippen molar-refractivity contribution >= 4 is 22.1 Å². The number of pyridine rings is 1. The number of aromatic nitrogens is 4. The van der Waals surface area contributed by atoms with E-state index in [-0.39, 0.29) is 0 Å². The average molecular weight is 348 g/mol. The Morgan fingerprint density at radius 2 is 2.15 bits per heavy atom. The van der Waals surface area contributed by atoms with Crippen LogP contribution in [0.5, 0.6) is 0 Å². The van der Waals surface area contributed by atoms with Crippen LogP contribution in [0, 0.1) is 11.3 Å². The molecule has 5 heterocycles. The standard InChI is InChI=1S/C19H20N6O/c1-11(26)19-23-16-10-22-18-15(5-7-21-18)17(16)25(19)24-13-2-3-14(24)9-12(8-13)4-6-20/h4-5,7,10-11,13-14,26H,2-3,8-9H2,1H3,(H,21,22). The second-order valence-corrected chi connectivity index (χ2v) is 7.29. The van der Waals surface area contributed by atoms with Crippen molar-refractivity contribution in [2.24, 2.45) is 0 Å². The monoisotopic (exact) mass is 348 g/mol. The van der Waals surface area contributed by atoms with Crippen LogP contribution in [-0.4, -0.2) is 36.8 Å². The number of nitriles is 1. The number of aliphatic hydroxyl groups excluding tert-OH is 1. The third-order valence-electron chi connectivity index (χ3n) is 5.65. The number of H-pyrrole nitrogens is 1. The molecule has 26 heavy (non-hydrogen) atoms. The molecule has 2 fully saturated rings. The third-order valence-corrected chi connectivity index (χ3v) is 5.65. The molecule has 0 amide bonds. The van der Waals surface area contributed by atoms with Crippen molar-refractivity contribution in [2.75, 3.05) is 5.01 Å². The molecule has 0 aromatic carbocycles. The SMILES string of the molecule is CC(O)c1nc2cnc3[nH]ccc3c2n1N1C2CCC1CC(=CC#N)C2. The Balaban J connectivity index is 1.74. The van der Waals surface area contributed by atoms with Crippen LogP contribution in [0.15, 0.2) is 30.1 Å². The number of hydrogen-bond acceptors (Lipinski definition) is 5. The lowest BCUT2D eigenvalue weighted by Gasteiger charge is -2.39. The predicted molar refractivity (Wildman–Crippen MR) is 98.0 cm³/mol. The smallest absolute Gasteiger partial charge is 0.157 e. The zero-order valence-electron chi connectivity index (χ0n) is 14.6. The first-order valence-electron chi connectivity index (χ1n) is 9.06. The van der Waals surface area contributed by atoms with Gasteiger partial charge in [-0.25, -0.2) is 14.6 Å². The molecule has 0 saturated carbocycles. The Morgan fingerprint density at radius 3 is 2.85 bits per heavy atom. The molecule has 3 unspecified atom stereocenters. The number of allylic oxidation sites excluding steroid dienone is 1. The molecule has 0 aliphatic carbocycles. The van der Waals surface area contributed by atoms with Crippen LogP contribution in [0.1, 0.15) is 44.5 Å². The zero-order chi connectivity index (χ0) is 17.8. The van der Waals surface area contributed by atoms with E-state index >= 15 is 0 Å². The van der Waals surface area contributed by atoms with Gasteiger partial charge in [-0.2, -0.15) is 5.26 Å². The van der Waals surface area contributed by atoms with Gasteiger partial charge in [0, 0.05) is 29.7 Å². The van der Waals surface area contributed by atoms with Crippen LogP contribution in [0.4, 0.5) is 0 Å². The highest BCUT2D eigenvalue weighted by Crippen LogP contribution is 2.40. The minimum absolute atomic E-state index is 0.324. The summed E-state index contributed by atoms with van der Waals surface area (Å²) in [5.41, 5.74) is 3.85. The van der Waals surface area contributed by atoms with Crippen molar-refractivity contribution in [3.8, 4) is 6.07 Å². The van der Waals surface area contributed by atoms with Gasteiger partial charge in [-0.05, 0) is 38.7 Å². The molecular formula is C19H20N6O. The largest absolute Gasteiger partial charge is 0.385 e.